The molecule has 0 aliphatic heterocycles. The molecule has 3 aromatic carbocycles. The van der Waals surface area contributed by atoms with E-state index in [1.54, 1.807) is 0 Å². The molecule has 0 amide bonds. The molecule has 35 heavy (non-hydrogen) atoms. The summed E-state index contributed by atoms with van der Waals surface area (Å²) in [7, 11) is 0. The lowest BCUT2D eigenvalue weighted by Gasteiger charge is -2.26. The van der Waals surface area contributed by atoms with Crippen molar-refractivity contribution >= 4 is 0 Å². The van der Waals surface area contributed by atoms with Crippen LogP contribution in [0.25, 0.3) is 0 Å². The number of benzene rings is 3. The van der Waals surface area contributed by atoms with Crippen molar-refractivity contribution in [2.75, 3.05) is 19.8 Å². The molecule has 4 heteroatoms. The van der Waals surface area contributed by atoms with Crippen molar-refractivity contribution in [3.63, 3.8) is 0 Å². The van der Waals surface area contributed by atoms with E-state index in [0.29, 0.717) is 5.92 Å². The third-order valence-corrected chi connectivity index (χ3v) is 6.60. The minimum Gasteiger partial charge on any atom is -0.493 e. The predicted octanol–water partition coefficient (Wildman–Crippen LogP) is 6.82. The summed E-state index contributed by atoms with van der Waals surface area (Å²) in [5.41, 5.74) is 3.52. The number of aliphatic hydroxyl groups is 1. The fourth-order valence-electron chi connectivity index (χ4n) is 3.71. The van der Waals surface area contributed by atoms with Crippen molar-refractivity contribution < 1.29 is 19.3 Å². The van der Waals surface area contributed by atoms with Gasteiger partial charge in [-0.1, -0.05) is 77.4 Å². The van der Waals surface area contributed by atoms with Crippen LogP contribution < -0.4 is 14.2 Å². The van der Waals surface area contributed by atoms with Gasteiger partial charge in [0.2, 0.25) is 0 Å². The number of ether oxygens (including phenoxy) is 3. The molecule has 0 fully saturated rings. The molecule has 0 saturated carbocycles. The van der Waals surface area contributed by atoms with Gasteiger partial charge in [0.25, 0.3) is 0 Å². The highest BCUT2D eigenvalue weighted by atomic mass is 16.5. The Kier molecular flexibility index (Phi) is 9.62. The Balaban J connectivity index is 1.50. The predicted molar refractivity (Wildman–Crippen MR) is 143 cm³/mol. The highest BCUT2D eigenvalue weighted by Gasteiger charge is 2.23. The summed E-state index contributed by atoms with van der Waals surface area (Å²) in [6, 6.07) is 24.4. The number of aryl methyl sites for hydroxylation is 1. The van der Waals surface area contributed by atoms with E-state index in [-0.39, 0.29) is 18.6 Å². The summed E-state index contributed by atoms with van der Waals surface area (Å²) in [4.78, 5) is 0. The van der Waals surface area contributed by atoms with Gasteiger partial charge >= 0.3 is 0 Å². The molecule has 188 valence electrons. The first kappa shape index (κ1) is 26.6. The second-order valence-electron chi connectivity index (χ2n) is 9.77. The molecular formula is C31H40O4. The lowest BCUT2D eigenvalue weighted by molar-refractivity contribution is 0.0626. The van der Waals surface area contributed by atoms with Gasteiger partial charge in [0.1, 0.15) is 36.6 Å². The molecule has 0 aliphatic carbocycles. The van der Waals surface area contributed by atoms with Crippen LogP contribution in [0.15, 0.2) is 72.8 Å². The molecule has 0 aliphatic rings. The van der Waals surface area contributed by atoms with Crippen molar-refractivity contribution in [3.05, 3.63) is 89.5 Å². The summed E-state index contributed by atoms with van der Waals surface area (Å²) in [5, 5.41) is 10.2. The second-order valence-corrected chi connectivity index (χ2v) is 9.77. The van der Waals surface area contributed by atoms with Gasteiger partial charge in [-0.25, -0.2) is 0 Å². The van der Waals surface area contributed by atoms with Crippen molar-refractivity contribution in [1.29, 1.82) is 0 Å². The largest absolute Gasteiger partial charge is 0.493 e. The standard InChI is InChI=1S/C31H40O4/c1-6-23(3)20-33-29-16-10-25(11-17-29)31(4,5)26-12-18-30(19-13-26)35-22-27(32)21-34-28-14-8-24(7-2)9-15-28/h8-19,23,27,32H,6-7,20-22H2,1-5H3. The van der Waals surface area contributed by atoms with Crippen LogP contribution in [0.2, 0.25) is 0 Å². The Hall–Kier alpha value is -2.98. The fraction of sp³-hybridized carbons (Fsp3) is 0.419. The molecule has 3 aromatic rings. The van der Waals surface area contributed by atoms with E-state index >= 15 is 0 Å². The van der Waals surface area contributed by atoms with Crippen LogP contribution in [-0.2, 0) is 11.8 Å². The molecular weight excluding hydrogens is 436 g/mol. The Morgan fingerprint density at radius 1 is 0.657 bits per heavy atom. The maximum atomic E-state index is 10.2. The molecule has 2 atom stereocenters. The van der Waals surface area contributed by atoms with Gasteiger partial charge in [0, 0.05) is 5.41 Å². The van der Waals surface area contributed by atoms with Crippen molar-refractivity contribution in [2.45, 2.75) is 59.0 Å². The lowest BCUT2D eigenvalue weighted by Crippen LogP contribution is -2.25. The Morgan fingerprint density at radius 2 is 1.06 bits per heavy atom. The van der Waals surface area contributed by atoms with Gasteiger partial charge in [-0.15, -0.1) is 0 Å². The van der Waals surface area contributed by atoms with E-state index in [1.807, 2.05) is 36.4 Å². The van der Waals surface area contributed by atoms with E-state index in [9.17, 15) is 5.11 Å². The van der Waals surface area contributed by atoms with Gasteiger partial charge in [0.05, 0.1) is 6.61 Å². The average Bonchev–Trinajstić information content (AvgIpc) is 2.90. The molecule has 0 aromatic heterocycles. The van der Waals surface area contributed by atoms with Crippen LogP contribution in [0.3, 0.4) is 0 Å². The number of aliphatic hydroxyl groups excluding tert-OH is 1. The minimum absolute atomic E-state index is 0.158. The zero-order valence-corrected chi connectivity index (χ0v) is 21.8. The van der Waals surface area contributed by atoms with Crippen LogP contribution in [0.4, 0.5) is 0 Å². The fourth-order valence-corrected chi connectivity index (χ4v) is 3.71. The first-order valence-electron chi connectivity index (χ1n) is 12.7. The third-order valence-electron chi connectivity index (χ3n) is 6.60. The monoisotopic (exact) mass is 476 g/mol. The zero-order valence-electron chi connectivity index (χ0n) is 21.8. The molecule has 0 bridgehead atoms. The molecule has 1 N–H and O–H groups in total. The smallest absolute Gasteiger partial charge is 0.122 e. The van der Waals surface area contributed by atoms with E-state index in [1.165, 1.54) is 16.7 Å². The average molecular weight is 477 g/mol. The van der Waals surface area contributed by atoms with Crippen molar-refractivity contribution in [2.24, 2.45) is 5.92 Å². The lowest BCUT2D eigenvalue weighted by atomic mass is 9.78. The first-order valence-corrected chi connectivity index (χ1v) is 12.7. The van der Waals surface area contributed by atoms with E-state index < -0.39 is 6.10 Å². The maximum absolute atomic E-state index is 10.2. The molecule has 4 nitrogen and oxygen atoms in total. The molecule has 2 unspecified atom stereocenters. The number of hydrogen-bond acceptors (Lipinski definition) is 4. The minimum atomic E-state index is -0.710. The van der Waals surface area contributed by atoms with E-state index in [4.69, 9.17) is 14.2 Å². The number of rotatable bonds is 13. The van der Waals surface area contributed by atoms with Crippen LogP contribution in [0.5, 0.6) is 17.2 Å². The zero-order chi connectivity index (χ0) is 25.3. The Morgan fingerprint density at radius 3 is 1.46 bits per heavy atom. The second kappa shape index (κ2) is 12.6. The SMILES string of the molecule is CCc1ccc(OCC(O)COc2ccc(C(C)(C)c3ccc(OCC(C)CC)cc3)cc2)cc1. The van der Waals surface area contributed by atoms with Crippen LogP contribution >= 0.6 is 0 Å². The van der Waals surface area contributed by atoms with Gasteiger partial charge in [-0.2, -0.15) is 0 Å². The summed E-state index contributed by atoms with van der Waals surface area (Å²) in [6.07, 6.45) is 1.40. The molecule has 0 saturated heterocycles. The summed E-state index contributed by atoms with van der Waals surface area (Å²) in [5.74, 6) is 2.94. The van der Waals surface area contributed by atoms with Crippen LogP contribution in [0, 0.1) is 5.92 Å². The molecule has 0 radical (unpaired) electrons. The van der Waals surface area contributed by atoms with Crippen molar-refractivity contribution in [3.8, 4) is 17.2 Å². The van der Waals surface area contributed by atoms with Gasteiger partial charge in [-0.3, -0.25) is 0 Å². The first-order chi connectivity index (χ1) is 16.8. The van der Waals surface area contributed by atoms with Crippen molar-refractivity contribution in [1.82, 2.24) is 0 Å². The summed E-state index contributed by atoms with van der Waals surface area (Å²) in [6.45, 7) is 12.0. The quantitative estimate of drug-likeness (QED) is 0.294. The highest BCUT2D eigenvalue weighted by Crippen LogP contribution is 2.33. The number of hydrogen-bond donors (Lipinski definition) is 1. The van der Waals surface area contributed by atoms with Gasteiger partial charge in [0.15, 0.2) is 0 Å². The highest BCUT2D eigenvalue weighted by molar-refractivity contribution is 5.41. The molecule has 0 spiro atoms. The maximum Gasteiger partial charge on any atom is 0.122 e. The van der Waals surface area contributed by atoms with Crippen LogP contribution in [-0.4, -0.2) is 31.0 Å². The molecule has 0 heterocycles. The van der Waals surface area contributed by atoms with E-state index in [2.05, 4.69) is 71.0 Å². The summed E-state index contributed by atoms with van der Waals surface area (Å²) < 4.78 is 17.4. The van der Waals surface area contributed by atoms with Gasteiger partial charge in [-0.05, 0) is 65.4 Å². The normalized spacial score (nSPS) is 13.2. The Bertz CT molecular complexity index is 1010. The van der Waals surface area contributed by atoms with Gasteiger partial charge < -0.3 is 19.3 Å². The van der Waals surface area contributed by atoms with Crippen LogP contribution in [0.1, 0.15) is 57.7 Å². The van der Waals surface area contributed by atoms with E-state index in [0.717, 1.165) is 36.7 Å². The third kappa shape index (κ3) is 7.76. The summed E-state index contributed by atoms with van der Waals surface area (Å²) >= 11 is 0. The Labute approximate surface area is 210 Å². The topological polar surface area (TPSA) is 47.9 Å². The molecule has 3 rings (SSSR count).